The lowest BCUT2D eigenvalue weighted by Gasteiger charge is -2.43. The van der Waals surface area contributed by atoms with Crippen LogP contribution in [0.25, 0.3) is 0 Å². The van der Waals surface area contributed by atoms with Crippen molar-refractivity contribution >= 4 is 0 Å². The highest BCUT2D eigenvalue weighted by molar-refractivity contribution is 5.34. The summed E-state index contributed by atoms with van der Waals surface area (Å²) in [7, 11) is 1.71. The van der Waals surface area contributed by atoms with Crippen molar-refractivity contribution < 1.29 is 9.84 Å². The van der Waals surface area contributed by atoms with Crippen molar-refractivity contribution in [3.63, 3.8) is 0 Å². The molecule has 3 heteroatoms. The number of hydrogen-bond acceptors (Lipinski definition) is 3. The zero-order chi connectivity index (χ0) is 14.7. The standard InChI is InChI=1S/C18H27NO2/c1-21-16-9-3-2-8-15(16)14-17(20)18(10-4-5-11-18)19-12-6-7-13-19/h2-3,8-9,17,20H,4-7,10-14H2,1H3. The van der Waals surface area contributed by atoms with E-state index in [1.165, 1.54) is 25.7 Å². The molecule has 1 saturated carbocycles. The lowest BCUT2D eigenvalue weighted by atomic mass is 9.84. The minimum atomic E-state index is -0.297. The van der Waals surface area contributed by atoms with Gasteiger partial charge in [-0.25, -0.2) is 0 Å². The largest absolute Gasteiger partial charge is 0.496 e. The number of nitrogens with zero attached hydrogens (tertiary/aromatic N) is 1. The second-order valence-corrected chi connectivity index (χ2v) is 6.54. The van der Waals surface area contributed by atoms with Crippen LogP contribution in [-0.2, 0) is 6.42 Å². The predicted octanol–water partition coefficient (Wildman–Crippen LogP) is 3.01. The van der Waals surface area contributed by atoms with Gasteiger partial charge in [0, 0.05) is 12.0 Å². The van der Waals surface area contributed by atoms with Gasteiger partial charge in [-0.3, -0.25) is 4.90 Å². The molecule has 0 aromatic heterocycles. The van der Waals surface area contributed by atoms with Gasteiger partial charge in [0.15, 0.2) is 0 Å². The van der Waals surface area contributed by atoms with Gasteiger partial charge in [-0.15, -0.1) is 0 Å². The van der Waals surface area contributed by atoms with Crippen molar-refractivity contribution in [3.8, 4) is 5.75 Å². The molecule has 0 amide bonds. The molecule has 1 aliphatic heterocycles. The Hall–Kier alpha value is -1.06. The average Bonchev–Trinajstić information content (AvgIpc) is 3.19. The van der Waals surface area contributed by atoms with E-state index < -0.39 is 0 Å². The SMILES string of the molecule is COc1ccccc1CC(O)C1(N2CCCC2)CCCC1. The molecule has 3 rings (SSSR count). The lowest BCUT2D eigenvalue weighted by molar-refractivity contribution is -0.0174. The normalized spacial score (nSPS) is 23.3. The van der Waals surface area contributed by atoms with Gasteiger partial charge in [0.1, 0.15) is 5.75 Å². The maximum absolute atomic E-state index is 11.0. The Balaban J connectivity index is 1.79. The van der Waals surface area contributed by atoms with E-state index in [4.69, 9.17) is 4.74 Å². The van der Waals surface area contributed by atoms with E-state index in [-0.39, 0.29) is 11.6 Å². The van der Waals surface area contributed by atoms with Crippen molar-refractivity contribution in [1.29, 1.82) is 0 Å². The van der Waals surface area contributed by atoms with Crippen LogP contribution < -0.4 is 4.74 Å². The van der Waals surface area contributed by atoms with Crippen molar-refractivity contribution in [2.24, 2.45) is 0 Å². The number of para-hydroxylation sites is 1. The summed E-state index contributed by atoms with van der Waals surface area (Å²) in [5, 5.41) is 11.0. The Bertz CT molecular complexity index is 462. The van der Waals surface area contributed by atoms with Gasteiger partial charge in [-0.1, -0.05) is 31.0 Å². The van der Waals surface area contributed by atoms with E-state index >= 15 is 0 Å². The number of hydrogen-bond donors (Lipinski definition) is 1. The van der Waals surface area contributed by atoms with Gasteiger partial charge in [0.05, 0.1) is 13.2 Å². The maximum Gasteiger partial charge on any atom is 0.122 e. The van der Waals surface area contributed by atoms with Crippen molar-refractivity contribution in [3.05, 3.63) is 29.8 Å². The molecule has 116 valence electrons. The van der Waals surface area contributed by atoms with Crippen molar-refractivity contribution in [1.82, 2.24) is 4.90 Å². The molecular weight excluding hydrogens is 262 g/mol. The van der Waals surface area contributed by atoms with Crippen LogP contribution in [0.2, 0.25) is 0 Å². The van der Waals surface area contributed by atoms with Crippen LogP contribution in [0.3, 0.4) is 0 Å². The highest BCUT2D eigenvalue weighted by atomic mass is 16.5. The van der Waals surface area contributed by atoms with Crippen LogP contribution in [0.1, 0.15) is 44.1 Å². The minimum absolute atomic E-state index is 0.0113. The molecule has 0 spiro atoms. The van der Waals surface area contributed by atoms with Gasteiger partial charge in [-0.2, -0.15) is 0 Å². The molecule has 1 aliphatic carbocycles. The fourth-order valence-corrected chi connectivity index (χ4v) is 4.28. The molecule has 1 unspecified atom stereocenters. The van der Waals surface area contributed by atoms with Crippen LogP contribution >= 0.6 is 0 Å². The number of ether oxygens (including phenoxy) is 1. The molecule has 3 nitrogen and oxygen atoms in total. The van der Waals surface area contributed by atoms with E-state index in [0.29, 0.717) is 6.42 Å². The quantitative estimate of drug-likeness (QED) is 0.904. The van der Waals surface area contributed by atoms with Gasteiger partial charge in [0.2, 0.25) is 0 Å². The second-order valence-electron chi connectivity index (χ2n) is 6.54. The second kappa shape index (κ2) is 6.37. The molecule has 21 heavy (non-hydrogen) atoms. The summed E-state index contributed by atoms with van der Waals surface area (Å²) in [5.74, 6) is 0.895. The number of aliphatic hydroxyl groups is 1. The smallest absolute Gasteiger partial charge is 0.122 e. The number of benzene rings is 1. The number of methoxy groups -OCH3 is 1. The molecule has 0 radical (unpaired) electrons. The number of rotatable bonds is 5. The highest BCUT2D eigenvalue weighted by Crippen LogP contribution is 2.41. The van der Waals surface area contributed by atoms with Crippen molar-refractivity contribution in [2.75, 3.05) is 20.2 Å². The molecule has 1 atom stereocenters. The fourth-order valence-electron chi connectivity index (χ4n) is 4.28. The molecule has 1 aromatic rings. The van der Waals surface area contributed by atoms with Gasteiger partial charge in [0.25, 0.3) is 0 Å². The lowest BCUT2D eigenvalue weighted by Crippen LogP contribution is -2.54. The summed E-state index contributed by atoms with van der Waals surface area (Å²) in [5.41, 5.74) is 1.13. The molecule has 0 bridgehead atoms. The van der Waals surface area contributed by atoms with Gasteiger partial charge >= 0.3 is 0 Å². The first-order valence-electron chi connectivity index (χ1n) is 8.31. The molecule has 1 N–H and O–H groups in total. The maximum atomic E-state index is 11.0. The zero-order valence-corrected chi connectivity index (χ0v) is 13.1. The van der Waals surface area contributed by atoms with Gasteiger partial charge in [-0.05, 0) is 50.4 Å². The zero-order valence-electron chi connectivity index (χ0n) is 13.1. The first-order valence-corrected chi connectivity index (χ1v) is 8.31. The van der Waals surface area contributed by atoms with E-state index in [1.807, 2.05) is 18.2 Å². The Morgan fingerprint density at radius 3 is 2.48 bits per heavy atom. The molecule has 2 fully saturated rings. The number of likely N-dealkylation sites (tertiary alicyclic amines) is 1. The topological polar surface area (TPSA) is 32.7 Å². The summed E-state index contributed by atoms with van der Waals surface area (Å²) < 4.78 is 5.44. The van der Waals surface area contributed by atoms with Gasteiger partial charge < -0.3 is 9.84 Å². The highest BCUT2D eigenvalue weighted by Gasteiger charge is 2.46. The van der Waals surface area contributed by atoms with Crippen LogP contribution in [-0.4, -0.2) is 41.8 Å². The number of aliphatic hydroxyl groups excluding tert-OH is 1. The van der Waals surface area contributed by atoms with Crippen molar-refractivity contribution in [2.45, 2.75) is 56.6 Å². The Labute approximate surface area is 127 Å². The molecule has 1 saturated heterocycles. The summed E-state index contributed by atoms with van der Waals surface area (Å²) in [6.45, 7) is 2.31. The summed E-state index contributed by atoms with van der Waals surface area (Å²) in [4.78, 5) is 2.57. The third kappa shape index (κ3) is 2.82. The Morgan fingerprint density at radius 2 is 1.81 bits per heavy atom. The van der Waals surface area contributed by atoms with E-state index in [9.17, 15) is 5.11 Å². The summed E-state index contributed by atoms with van der Waals surface area (Å²) >= 11 is 0. The first kappa shape index (κ1) is 14.9. The fraction of sp³-hybridized carbons (Fsp3) is 0.667. The Kier molecular flexibility index (Phi) is 4.51. The minimum Gasteiger partial charge on any atom is -0.496 e. The Morgan fingerprint density at radius 1 is 1.14 bits per heavy atom. The monoisotopic (exact) mass is 289 g/mol. The average molecular weight is 289 g/mol. The van der Waals surface area contributed by atoms with E-state index in [2.05, 4.69) is 11.0 Å². The third-order valence-corrected chi connectivity index (χ3v) is 5.43. The van der Waals surface area contributed by atoms with Crippen LogP contribution in [0.15, 0.2) is 24.3 Å². The third-order valence-electron chi connectivity index (χ3n) is 5.43. The summed E-state index contributed by atoms with van der Waals surface area (Å²) in [6, 6.07) is 8.08. The van der Waals surface area contributed by atoms with E-state index in [1.54, 1.807) is 7.11 Å². The molecule has 2 aliphatic rings. The first-order chi connectivity index (χ1) is 10.3. The molecule has 1 aromatic carbocycles. The summed E-state index contributed by atoms with van der Waals surface area (Å²) in [6.07, 6.45) is 7.74. The van der Waals surface area contributed by atoms with Crippen LogP contribution in [0.5, 0.6) is 5.75 Å². The predicted molar refractivity (Wildman–Crippen MR) is 84.7 cm³/mol. The van der Waals surface area contributed by atoms with Crippen LogP contribution in [0, 0.1) is 0 Å². The van der Waals surface area contributed by atoms with Crippen LogP contribution in [0.4, 0.5) is 0 Å². The molecular formula is C18H27NO2. The van der Waals surface area contributed by atoms with E-state index in [0.717, 1.165) is 37.2 Å². The molecule has 1 heterocycles.